The first-order valence-corrected chi connectivity index (χ1v) is 7.14. The molecule has 1 aliphatic carbocycles. The molecule has 0 radical (unpaired) electrons. The number of aryl methyl sites for hydroxylation is 1. The van der Waals surface area contributed by atoms with Gasteiger partial charge in [0, 0.05) is 18.6 Å². The van der Waals surface area contributed by atoms with Crippen LogP contribution in [0.25, 0.3) is 0 Å². The largest absolute Gasteiger partial charge is 0.329 e. The maximum absolute atomic E-state index is 6.09. The smallest absolute Gasteiger partial charge is 0.0332 e. The molecule has 2 heteroatoms. The first-order valence-electron chi connectivity index (χ1n) is 7.14. The van der Waals surface area contributed by atoms with E-state index in [2.05, 4.69) is 43.1 Å². The Morgan fingerprint density at radius 1 is 1.17 bits per heavy atom. The highest BCUT2D eigenvalue weighted by Gasteiger charge is 2.34. The van der Waals surface area contributed by atoms with Crippen molar-refractivity contribution in [3.8, 4) is 0 Å². The molecular weight excluding hydrogens is 220 g/mol. The highest BCUT2D eigenvalue weighted by atomic mass is 15.2. The topological polar surface area (TPSA) is 29.3 Å². The number of rotatable bonds is 4. The summed E-state index contributed by atoms with van der Waals surface area (Å²) >= 11 is 0. The molecule has 2 N–H and O–H groups in total. The Labute approximate surface area is 111 Å². The fourth-order valence-corrected chi connectivity index (χ4v) is 3.16. The van der Waals surface area contributed by atoms with E-state index in [9.17, 15) is 0 Å². The second kappa shape index (κ2) is 5.85. The van der Waals surface area contributed by atoms with Crippen LogP contribution in [0, 0.1) is 6.92 Å². The van der Waals surface area contributed by atoms with Gasteiger partial charge in [-0.25, -0.2) is 0 Å². The first kappa shape index (κ1) is 13.6. The third-order valence-corrected chi connectivity index (χ3v) is 4.64. The molecule has 1 saturated carbocycles. The molecule has 0 heterocycles. The number of likely N-dealkylation sites (N-methyl/N-ethyl adjacent to an activating group) is 1. The number of hydrogen-bond acceptors (Lipinski definition) is 2. The minimum atomic E-state index is 0.237. The van der Waals surface area contributed by atoms with Crippen LogP contribution in [0.2, 0.25) is 0 Å². The van der Waals surface area contributed by atoms with E-state index in [-0.39, 0.29) is 5.54 Å². The van der Waals surface area contributed by atoms with Crippen LogP contribution in [-0.2, 0) is 6.54 Å². The van der Waals surface area contributed by atoms with Gasteiger partial charge in [0.2, 0.25) is 0 Å². The summed E-state index contributed by atoms with van der Waals surface area (Å²) in [5, 5.41) is 0. The molecular formula is C16H26N2. The molecule has 18 heavy (non-hydrogen) atoms. The molecule has 0 spiro atoms. The molecule has 1 fully saturated rings. The predicted octanol–water partition coefficient (Wildman–Crippen LogP) is 3.09. The zero-order chi connectivity index (χ0) is 13.0. The Morgan fingerprint density at radius 3 is 2.44 bits per heavy atom. The third-order valence-electron chi connectivity index (χ3n) is 4.64. The molecule has 0 unspecified atom stereocenters. The van der Waals surface area contributed by atoms with Gasteiger partial charge in [0.05, 0.1) is 0 Å². The van der Waals surface area contributed by atoms with Gasteiger partial charge in [-0.2, -0.15) is 0 Å². The lowest BCUT2D eigenvalue weighted by atomic mass is 9.80. The lowest BCUT2D eigenvalue weighted by Gasteiger charge is -2.44. The summed E-state index contributed by atoms with van der Waals surface area (Å²) in [5.41, 5.74) is 9.14. The first-order chi connectivity index (χ1) is 8.68. The quantitative estimate of drug-likeness (QED) is 0.884. The SMILES string of the molecule is Cc1ccccc1CN(C)C1(CN)CCCCC1. The zero-order valence-electron chi connectivity index (χ0n) is 11.8. The maximum atomic E-state index is 6.09. The van der Waals surface area contributed by atoms with E-state index in [0.717, 1.165) is 13.1 Å². The average Bonchev–Trinajstić information content (AvgIpc) is 2.42. The van der Waals surface area contributed by atoms with Gasteiger partial charge in [0.15, 0.2) is 0 Å². The lowest BCUT2D eigenvalue weighted by Crippen LogP contribution is -2.52. The predicted molar refractivity (Wildman–Crippen MR) is 77.5 cm³/mol. The van der Waals surface area contributed by atoms with Crippen molar-refractivity contribution in [2.45, 2.75) is 51.1 Å². The molecule has 1 aliphatic rings. The van der Waals surface area contributed by atoms with E-state index in [1.54, 1.807) is 0 Å². The highest BCUT2D eigenvalue weighted by molar-refractivity contribution is 5.25. The Balaban J connectivity index is 2.10. The summed E-state index contributed by atoms with van der Waals surface area (Å²) in [7, 11) is 2.24. The molecule has 1 aromatic rings. The van der Waals surface area contributed by atoms with Gasteiger partial charge in [-0.3, -0.25) is 4.90 Å². The summed E-state index contributed by atoms with van der Waals surface area (Å²) < 4.78 is 0. The Morgan fingerprint density at radius 2 is 1.83 bits per heavy atom. The van der Waals surface area contributed by atoms with Gasteiger partial charge in [-0.15, -0.1) is 0 Å². The normalized spacial score (nSPS) is 19.1. The van der Waals surface area contributed by atoms with Crippen LogP contribution in [0.3, 0.4) is 0 Å². The van der Waals surface area contributed by atoms with Crippen LogP contribution < -0.4 is 5.73 Å². The Bertz CT molecular complexity index is 380. The van der Waals surface area contributed by atoms with E-state index in [1.165, 1.54) is 43.2 Å². The fraction of sp³-hybridized carbons (Fsp3) is 0.625. The van der Waals surface area contributed by atoms with Crippen molar-refractivity contribution < 1.29 is 0 Å². The molecule has 0 aliphatic heterocycles. The standard InChI is InChI=1S/C16H26N2/c1-14-8-4-5-9-15(14)12-18(2)16(13-17)10-6-3-7-11-16/h4-5,8-9H,3,6-7,10-13,17H2,1-2H3. The molecule has 0 saturated heterocycles. The Kier molecular flexibility index (Phi) is 4.41. The number of benzene rings is 1. The minimum Gasteiger partial charge on any atom is -0.329 e. The fourth-order valence-electron chi connectivity index (χ4n) is 3.16. The number of nitrogens with two attached hydrogens (primary N) is 1. The molecule has 100 valence electrons. The van der Waals surface area contributed by atoms with Crippen LogP contribution in [0.5, 0.6) is 0 Å². The molecule has 0 bridgehead atoms. The van der Waals surface area contributed by atoms with E-state index in [0.29, 0.717) is 0 Å². The molecule has 2 nitrogen and oxygen atoms in total. The summed E-state index contributed by atoms with van der Waals surface area (Å²) in [6, 6.07) is 8.67. The van der Waals surface area contributed by atoms with Gasteiger partial charge in [0.25, 0.3) is 0 Å². The lowest BCUT2D eigenvalue weighted by molar-refractivity contribution is 0.0757. The van der Waals surface area contributed by atoms with Crippen LogP contribution >= 0.6 is 0 Å². The van der Waals surface area contributed by atoms with Gasteiger partial charge in [-0.05, 0) is 37.9 Å². The van der Waals surface area contributed by atoms with E-state index >= 15 is 0 Å². The van der Waals surface area contributed by atoms with Crippen molar-refractivity contribution in [1.82, 2.24) is 4.90 Å². The van der Waals surface area contributed by atoms with Crippen molar-refractivity contribution >= 4 is 0 Å². The molecule has 1 aromatic carbocycles. The number of hydrogen-bond donors (Lipinski definition) is 1. The monoisotopic (exact) mass is 246 g/mol. The molecule has 0 amide bonds. The minimum absolute atomic E-state index is 0.237. The molecule has 2 rings (SSSR count). The van der Waals surface area contributed by atoms with Gasteiger partial charge >= 0.3 is 0 Å². The van der Waals surface area contributed by atoms with Crippen LogP contribution in [0.4, 0.5) is 0 Å². The van der Waals surface area contributed by atoms with Crippen molar-refractivity contribution in [2.24, 2.45) is 5.73 Å². The second-order valence-electron chi connectivity index (χ2n) is 5.77. The number of nitrogens with zero attached hydrogens (tertiary/aromatic N) is 1. The van der Waals surface area contributed by atoms with Crippen molar-refractivity contribution in [3.05, 3.63) is 35.4 Å². The van der Waals surface area contributed by atoms with E-state index < -0.39 is 0 Å². The molecule has 0 atom stereocenters. The van der Waals surface area contributed by atoms with E-state index in [1.807, 2.05) is 0 Å². The summed E-state index contributed by atoms with van der Waals surface area (Å²) in [5.74, 6) is 0. The van der Waals surface area contributed by atoms with Gasteiger partial charge in [0.1, 0.15) is 0 Å². The maximum Gasteiger partial charge on any atom is 0.0332 e. The second-order valence-corrected chi connectivity index (χ2v) is 5.77. The van der Waals surface area contributed by atoms with Crippen molar-refractivity contribution in [3.63, 3.8) is 0 Å². The van der Waals surface area contributed by atoms with Crippen molar-refractivity contribution in [1.29, 1.82) is 0 Å². The van der Waals surface area contributed by atoms with Crippen LogP contribution in [0.15, 0.2) is 24.3 Å². The average molecular weight is 246 g/mol. The van der Waals surface area contributed by atoms with Gasteiger partial charge in [-0.1, -0.05) is 43.5 Å². The summed E-state index contributed by atoms with van der Waals surface area (Å²) in [4.78, 5) is 2.49. The van der Waals surface area contributed by atoms with Crippen LogP contribution in [0.1, 0.15) is 43.2 Å². The van der Waals surface area contributed by atoms with Crippen LogP contribution in [-0.4, -0.2) is 24.0 Å². The van der Waals surface area contributed by atoms with Crippen molar-refractivity contribution in [2.75, 3.05) is 13.6 Å². The highest BCUT2D eigenvalue weighted by Crippen LogP contribution is 2.33. The summed E-state index contributed by atoms with van der Waals surface area (Å²) in [6.07, 6.45) is 6.54. The summed E-state index contributed by atoms with van der Waals surface area (Å²) in [6.45, 7) is 4.00. The van der Waals surface area contributed by atoms with Gasteiger partial charge < -0.3 is 5.73 Å². The molecule has 0 aromatic heterocycles. The zero-order valence-corrected chi connectivity index (χ0v) is 11.8. The van der Waals surface area contributed by atoms with E-state index in [4.69, 9.17) is 5.73 Å². The Hall–Kier alpha value is -0.860. The third kappa shape index (κ3) is 2.76.